The number of rotatable bonds is 0. The molecule has 3 heteroatoms. The van der Waals surface area contributed by atoms with Gasteiger partial charge < -0.3 is 10.2 Å². The van der Waals surface area contributed by atoms with Crippen molar-refractivity contribution in [3.8, 4) is 11.5 Å². The Bertz CT molecular complexity index is 463. The molecule has 0 heterocycles. The van der Waals surface area contributed by atoms with Crippen molar-refractivity contribution in [3.63, 3.8) is 0 Å². The summed E-state index contributed by atoms with van der Waals surface area (Å²) < 4.78 is 0. The third-order valence-corrected chi connectivity index (χ3v) is 3.62. The summed E-state index contributed by atoms with van der Waals surface area (Å²) in [7, 11) is 0. The first kappa shape index (κ1) is 19.9. The minimum absolute atomic E-state index is 0. The Morgan fingerprint density at radius 3 is 0.952 bits per heavy atom. The molecule has 2 N–H and O–H groups in total. The zero-order chi connectivity index (χ0) is 15.4. The Labute approximate surface area is 147 Å². The van der Waals surface area contributed by atoms with E-state index in [0.29, 0.717) is 11.5 Å². The number of phenolic OH excluding ortho intramolecular Hbond substituents is 2. The summed E-state index contributed by atoms with van der Waals surface area (Å²) in [5, 5.41) is 18.4. The second-order valence-corrected chi connectivity index (χ2v) is 5.45. The summed E-state index contributed by atoms with van der Waals surface area (Å²) in [6.07, 6.45) is 0. The van der Waals surface area contributed by atoms with Gasteiger partial charge in [-0.3, -0.25) is 0 Å². The fourth-order valence-corrected chi connectivity index (χ4v) is 1.89. The van der Waals surface area contributed by atoms with E-state index in [9.17, 15) is 10.2 Å². The Hall–Kier alpha value is -1.08. The van der Waals surface area contributed by atoms with Crippen LogP contribution in [0.1, 0.15) is 33.4 Å². The van der Waals surface area contributed by atoms with E-state index >= 15 is 0 Å². The van der Waals surface area contributed by atoms with Crippen molar-refractivity contribution >= 4 is 0 Å². The Kier molecular flexibility index (Phi) is 7.96. The predicted molar refractivity (Wildman–Crippen MR) is 84.6 cm³/mol. The summed E-state index contributed by atoms with van der Waals surface area (Å²) in [4.78, 5) is 0. The van der Waals surface area contributed by atoms with Gasteiger partial charge in [0.25, 0.3) is 0 Å². The normalized spacial score (nSPS) is 9.43. The summed E-state index contributed by atoms with van der Waals surface area (Å²) in [6, 6.07) is 7.57. The van der Waals surface area contributed by atoms with Crippen LogP contribution in [0.3, 0.4) is 0 Å². The van der Waals surface area contributed by atoms with Gasteiger partial charge in [-0.2, -0.15) is 0 Å². The third-order valence-electron chi connectivity index (χ3n) is 3.62. The number of benzene rings is 2. The molecule has 112 valence electrons. The second-order valence-electron chi connectivity index (χ2n) is 5.45. The van der Waals surface area contributed by atoms with Crippen LogP contribution in [0.2, 0.25) is 0 Å². The van der Waals surface area contributed by atoms with Gasteiger partial charge in [0, 0.05) is 26.2 Å². The molecule has 0 aromatic heterocycles. The van der Waals surface area contributed by atoms with E-state index in [2.05, 4.69) is 0 Å². The maximum Gasteiger partial charge on any atom is 0.118 e. The predicted octanol–water partition coefficient (Wildman–Crippen LogP) is 4.63. The zero-order valence-corrected chi connectivity index (χ0v) is 16.2. The molecular weight excluding hydrogens is 339 g/mol. The molecule has 0 fully saturated rings. The standard InChI is InChI=1S/2C9H12O.Zr/c2*1-6-4-8(3)9(10)5-7(6)2;/h2*4-5,10H,1-3H3;. The van der Waals surface area contributed by atoms with Crippen LogP contribution in [-0.2, 0) is 26.2 Å². The van der Waals surface area contributed by atoms with Gasteiger partial charge in [0.2, 0.25) is 0 Å². The molecule has 2 rings (SSSR count). The molecule has 0 spiro atoms. The first-order valence-corrected chi connectivity index (χ1v) is 6.76. The van der Waals surface area contributed by atoms with E-state index in [4.69, 9.17) is 0 Å². The van der Waals surface area contributed by atoms with Crippen LogP contribution >= 0.6 is 0 Å². The monoisotopic (exact) mass is 362 g/mol. The van der Waals surface area contributed by atoms with Gasteiger partial charge in [-0.1, -0.05) is 12.1 Å². The molecule has 21 heavy (non-hydrogen) atoms. The molecule has 2 aromatic carbocycles. The van der Waals surface area contributed by atoms with Crippen molar-refractivity contribution in [3.05, 3.63) is 57.6 Å². The summed E-state index contributed by atoms with van der Waals surface area (Å²) in [5.41, 5.74) is 6.64. The van der Waals surface area contributed by atoms with Gasteiger partial charge in [-0.05, 0) is 87.1 Å². The molecule has 0 atom stereocenters. The molecule has 0 aliphatic heterocycles. The number of hydrogen-bond donors (Lipinski definition) is 2. The molecule has 0 aliphatic rings. The van der Waals surface area contributed by atoms with Crippen molar-refractivity contribution < 1.29 is 36.4 Å². The minimum atomic E-state index is 0. The fraction of sp³-hybridized carbons (Fsp3) is 0.333. The summed E-state index contributed by atoms with van der Waals surface area (Å²) >= 11 is 0. The average molecular weight is 364 g/mol. The molecule has 0 amide bonds. The van der Waals surface area contributed by atoms with E-state index < -0.39 is 0 Å². The van der Waals surface area contributed by atoms with Gasteiger partial charge in [0.05, 0.1) is 0 Å². The van der Waals surface area contributed by atoms with Crippen molar-refractivity contribution in [2.75, 3.05) is 0 Å². The van der Waals surface area contributed by atoms with E-state index in [1.54, 1.807) is 12.1 Å². The van der Waals surface area contributed by atoms with Crippen molar-refractivity contribution in [1.29, 1.82) is 0 Å². The summed E-state index contributed by atoms with van der Waals surface area (Å²) in [5.74, 6) is 0.784. The zero-order valence-electron chi connectivity index (χ0n) is 13.7. The topological polar surface area (TPSA) is 40.5 Å². The second kappa shape index (κ2) is 8.39. The number of phenols is 2. The van der Waals surface area contributed by atoms with Crippen LogP contribution in [0, 0.1) is 41.5 Å². The van der Waals surface area contributed by atoms with E-state index in [-0.39, 0.29) is 26.2 Å². The van der Waals surface area contributed by atoms with Crippen molar-refractivity contribution in [1.82, 2.24) is 0 Å². The quantitative estimate of drug-likeness (QED) is 0.716. The molecule has 0 saturated carbocycles. The smallest absolute Gasteiger partial charge is 0.118 e. The van der Waals surface area contributed by atoms with Gasteiger partial charge in [0.1, 0.15) is 11.5 Å². The molecule has 0 radical (unpaired) electrons. The maximum absolute atomic E-state index is 9.22. The molecule has 2 nitrogen and oxygen atoms in total. The van der Waals surface area contributed by atoms with Crippen LogP contribution in [0.4, 0.5) is 0 Å². The average Bonchev–Trinajstić information content (AvgIpc) is 2.35. The largest absolute Gasteiger partial charge is 0.508 e. The molecule has 0 aliphatic carbocycles. The summed E-state index contributed by atoms with van der Waals surface area (Å²) in [6.45, 7) is 11.9. The Balaban J connectivity index is 0.000000364. The fourth-order valence-electron chi connectivity index (χ4n) is 1.89. The molecule has 0 unspecified atom stereocenters. The Morgan fingerprint density at radius 1 is 0.476 bits per heavy atom. The van der Waals surface area contributed by atoms with Gasteiger partial charge in [0.15, 0.2) is 0 Å². The molecule has 0 saturated heterocycles. The number of aryl methyl sites for hydroxylation is 6. The minimum Gasteiger partial charge on any atom is -0.508 e. The molecular formula is C18H24O2Zr. The van der Waals surface area contributed by atoms with Crippen molar-refractivity contribution in [2.45, 2.75) is 41.5 Å². The number of hydrogen-bond acceptors (Lipinski definition) is 2. The molecule has 2 aromatic rings. The SMILES string of the molecule is Cc1cc(C)c(O)cc1C.Cc1cc(C)c(O)cc1C.[Zr]. The van der Waals surface area contributed by atoms with Gasteiger partial charge >= 0.3 is 0 Å². The maximum atomic E-state index is 9.22. The van der Waals surface area contributed by atoms with E-state index in [0.717, 1.165) is 22.3 Å². The first-order valence-electron chi connectivity index (χ1n) is 6.76. The van der Waals surface area contributed by atoms with Crippen molar-refractivity contribution in [2.24, 2.45) is 0 Å². The first-order chi connectivity index (χ1) is 9.22. The van der Waals surface area contributed by atoms with Crippen LogP contribution in [0.5, 0.6) is 11.5 Å². The van der Waals surface area contributed by atoms with E-state index in [1.807, 2.05) is 53.7 Å². The van der Waals surface area contributed by atoms with Gasteiger partial charge in [-0.25, -0.2) is 0 Å². The number of aromatic hydroxyl groups is 2. The molecule has 0 bridgehead atoms. The third kappa shape index (κ3) is 5.67. The Morgan fingerprint density at radius 2 is 0.714 bits per heavy atom. The van der Waals surface area contributed by atoms with Crippen LogP contribution in [-0.4, -0.2) is 10.2 Å². The van der Waals surface area contributed by atoms with Crippen LogP contribution < -0.4 is 0 Å². The van der Waals surface area contributed by atoms with Gasteiger partial charge in [-0.15, -0.1) is 0 Å². The van der Waals surface area contributed by atoms with E-state index in [1.165, 1.54) is 11.1 Å². The van der Waals surface area contributed by atoms with Crippen LogP contribution in [0.25, 0.3) is 0 Å². The van der Waals surface area contributed by atoms with Crippen LogP contribution in [0.15, 0.2) is 24.3 Å².